The minimum Gasteiger partial charge on any atom is -0.343 e. The molecule has 0 aliphatic carbocycles. The van der Waals surface area contributed by atoms with Gasteiger partial charge in [0.25, 0.3) is 0 Å². The van der Waals surface area contributed by atoms with Crippen LogP contribution in [-0.4, -0.2) is 49.2 Å². The van der Waals surface area contributed by atoms with Crippen LogP contribution in [0.15, 0.2) is 30.3 Å². The van der Waals surface area contributed by atoms with Gasteiger partial charge in [0.15, 0.2) is 0 Å². The van der Waals surface area contributed by atoms with E-state index in [1.807, 2.05) is 5.06 Å². The van der Waals surface area contributed by atoms with E-state index in [0.717, 1.165) is 70.6 Å². The van der Waals surface area contributed by atoms with Gasteiger partial charge < -0.3 is 9.74 Å². The molecule has 1 amide bonds. The molecule has 132 valence electrons. The summed E-state index contributed by atoms with van der Waals surface area (Å²) in [6.45, 7) is 3.78. The maximum absolute atomic E-state index is 12.6. The maximum Gasteiger partial charge on any atom is 0.222 e. The van der Waals surface area contributed by atoms with Crippen LogP contribution in [0.2, 0.25) is 0 Å². The van der Waals surface area contributed by atoms with E-state index >= 15 is 0 Å². The zero-order valence-electron chi connectivity index (χ0n) is 14.8. The summed E-state index contributed by atoms with van der Waals surface area (Å²) in [5, 5.41) is 2.00. The van der Waals surface area contributed by atoms with Gasteiger partial charge in [-0.3, -0.25) is 4.79 Å². The van der Waals surface area contributed by atoms with Crippen molar-refractivity contribution in [2.24, 2.45) is 11.8 Å². The lowest BCUT2D eigenvalue weighted by Crippen LogP contribution is -2.41. The number of nitrogens with zero attached hydrogens (tertiary/aromatic N) is 2. The zero-order valence-corrected chi connectivity index (χ0v) is 14.8. The summed E-state index contributed by atoms with van der Waals surface area (Å²) in [5.74, 6) is 1.62. The first-order chi connectivity index (χ1) is 11.7. The predicted octanol–water partition coefficient (Wildman–Crippen LogP) is 3.13. The van der Waals surface area contributed by atoms with Crippen molar-refractivity contribution < 1.29 is 9.63 Å². The van der Waals surface area contributed by atoms with Crippen molar-refractivity contribution in [3.8, 4) is 0 Å². The first-order valence-electron chi connectivity index (χ1n) is 9.35. The molecule has 1 aromatic rings. The molecule has 0 bridgehead atoms. The molecule has 0 aromatic heterocycles. The van der Waals surface area contributed by atoms with Crippen LogP contribution < -0.4 is 0 Å². The predicted molar refractivity (Wildman–Crippen MR) is 95.4 cm³/mol. The standard InChI is InChI=1S/C20H30N2O2/c1-24-22-13-9-19(10-14-22)16-20(23)21-11-7-18(8-12-21)15-17-5-3-2-4-6-17/h2-6,18-19H,7-16H2,1H3. The van der Waals surface area contributed by atoms with Crippen LogP contribution in [0.3, 0.4) is 0 Å². The highest BCUT2D eigenvalue weighted by Crippen LogP contribution is 2.25. The van der Waals surface area contributed by atoms with E-state index in [0.29, 0.717) is 11.8 Å². The molecule has 0 atom stereocenters. The lowest BCUT2D eigenvalue weighted by atomic mass is 9.89. The van der Waals surface area contributed by atoms with Gasteiger partial charge in [-0.05, 0) is 49.5 Å². The SMILES string of the molecule is CON1CCC(CC(=O)N2CCC(Cc3ccccc3)CC2)CC1. The van der Waals surface area contributed by atoms with Gasteiger partial charge in [0.05, 0.1) is 7.11 Å². The number of carbonyl (C=O) groups is 1. The van der Waals surface area contributed by atoms with Gasteiger partial charge in [-0.25, -0.2) is 0 Å². The van der Waals surface area contributed by atoms with Crippen LogP contribution in [0.1, 0.15) is 37.7 Å². The number of hydroxylamine groups is 2. The van der Waals surface area contributed by atoms with Crippen molar-refractivity contribution >= 4 is 5.91 Å². The van der Waals surface area contributed by atoms with Gasteiger partial charge in [0, 0.05) is 32.6 Å². The highest BCUT2D eigenvalue weighted by Gasteiger charge is 2.26. The summed E-state index contributed by atoms with van der Waals surface area (Å²) < 4.78 is 0. The van der Waals surface area contributed by atoms with E-state index < -0.39 is 0 Å². The summed E-state index contributed by atoms with van der Waals surface area (Å²) in [6.07, 6.45) is 6.30. The monoisotopic (exact) mass is 330 g/mol. The number of likely N-dealkylation sites (tertiary alicyclic amines) is 1. The molecule has 4 heteroatoms. The Morgan fingerprint density at radius 1 is 1.00 bits per heavy atom. The Morgan fingerprint density at radius 3 is 2.25 bits per heavy atom. The molecule has 2 saturated heterocycles. The van der Waals surface area contributed by atoms with Crippen molar-refractivity contribution in [3.05, 3.63) is 35.9 Å². The Bertz CT molecular complexity index is 504. The highest BCUT2D eigenvalue weighted by molar-refractivity contribution is 5.76. The van der Waals surface area contributed by atoms with E-state index in [2.05, 4.69) is 35.2 Å². The van der Waals surface area contributed by atoms with Gasteiger partial charge >= 0.3 is 0 Å². The van der Waals surface area contributed by atoms with E-state index in [4.69, 9.17) is 4.84 Å². The molecule has 4 nitrogen and oxygen atoms in total. The van der Waals surface area contributed by atoms with Gasteiger partial charge in [-0.15, -0.1) is 0 Å². The van der Waals surface area contributed by atoms with Gasteiger partial charge in [-0.1, -0.05) is 30.3 Å². The summed E-state index contributed by atoms with van der Waals surface area (Å²) >= 11 is 0. The third-order valence-corrected chi connectivity index (χ3v) is 5.63. The second-order valence-corrected chi connectivity index (χ2v) is 7.27. The van der Waals surface area contributed by atoms with Crippen LogP contribution in [0.5, 0.6) is 0 Å². The van der Waals surface area contributed by atoms with Crippen LogP contribution in [0.4, 0.5) is 0 Å². The second kappa shape index (κ2) is 8.63. The van der Waals surface area contributed by atoms with Crippen molar-refractivity contribution in [3.63, 3.8) is 0 Å². The lowest BCUT2D eigenvalue weighted by molar-refractivity contribution is -0.151. The average molecular weight is 330 g/mol. The first kappa shape index (κ1) is 17.4. The van der Waals surface area contributed by atoms with E-state index in [1.165, 1.54) is 5.56 Å². The highest BCUT2D eigenvalue weighted by atomic mass is 16.7. The van der Waals surface area contributed by atoms with Crippen molar-refractivity contribution in [1.29, 1.82) is 0 Å². The Balaban J connectivity index is 1.39. The molecule has 2 fully saturated rings. The van der Waals surface area contributed by atoms with Crippen LogP contribution in [0, 0.1) is 11.8 Å². The Kier molecular flexibility index (Phi) is 6.27. The molecule has 3 rings (SSSR count). The van der Waals surface area contributed by atoms with Crippen molar-refractivity contribution in [2.75, 3.05) is 33.3 Å². The fraction of sp³-hybridized carbons (Fsp3) is 0.650. The number of hydrogen-bond donors (Lipinski definition) is 0. The molecule has 0 saturated carbocycles. The Morgan fingerprint density at radius 2 is 1.62 bits per heavy atom. The van der Waals surface area contributed by atoms with Crippen LogP contribution >= 0.6 is 0 Å². The van der Waals surface area contributed by atoms with Crippen LogP contribution in [0.25, 0.3) is 0 Å². The molecule has 2 heterocycles. The summed E-state index contributed by atoms with van der Waals surface area (Å²) in [6, 6.07) is 10.7. The molecular weight excluding hydrogens is 300 g/mol. The van der Waals surface area contributed by atoms with E-state index in [9.17, 15) is 4.79 Å². The number of amides is 1. The molecule has 2 aliphatic heterocycles. The molecule has 0 spiro atoms. The summed E-state index contributed by atoms with van der Waals surface area (Å²) in [4.78, 5) is 19.9. The number of piperidine rings is 2. The fourth-order valence-corrected chi connectivity index (χ4v) is 4.01. The fourth-order valence-electron chi connectivity index (χ4n) is 4.01. The lowest BCUT2D eigenvalue weighted by Gasteiger charge is -2.34. The largest absolute Gasteiger partial charge is 0.343 e. The molecule has 1 aromatic carbocycles. The average Bonchev–Trinajstić information content (AvgIpc) is 2.64. The third-order valence-electron chi connectivity index (χ3n) is 5.63. The van der Waals surface area contributed by atoms with Gasteiger partial charge in [-0.2, -0.15) is 5.06 Å². The minimum atomic E-state index is 0.365. The molecule has 2 aliphatic rings. The number of hydrogen-bond acceptors (Lipinski definition) is 3. The molecule has 24 heavy (non-hydrogen) atoms. The first-order valence-corrected chi connectivity index (χ1v) is 9.35. The van der Waals surface area contributed by atoms with Crippen molar-refractivity contribution in [1.82, 2.24) is 9.96 Å². The normalized spacial score (nSPS) is 21.1. The topological polar surface area (TPSA) is 32.8 Å². The molecular formula is C20H30N2O2. The molecule has 0 unspecified atom stereocenters. The maximum atomic E-state index is 12.6. The molecule has 0 N–H and O–H groups in total. The molecule has 0 radical (unpaired) electrons. The van der Waals surface area contributed by atoms with Crippen molar-refractivity contribution in [2.45, 2.75) is 38.5 Å². The number of carbonyl (C=O) groups excluding carboxylic acids is 1. The van der Waals surface area contributed by atoms with E-state index in [1.54, 1.807) is 7.11 Å². The summed E-state index contributed by atoms with van der Waals surface area (Å²) in [7, 11) is 1.73. The second-order valence-electron chi connectivity index (χ2n) is 7.27. The minimum absolute atomic E-state index is 0.365. The van der Waals surface area contributed by atoms with E-state index in [-0.39, 0.29) is 0 Å². The third kappa shape index (κ3) is 4.81. The number of rotatable bonds is 5. The zero-order chi connectivity index (χ0) is 16.8. The Labute approximate surface area is 145 Å². The number of benzene rings is 1. The van der Waals surface area contributed by atoms with Gasteiger partial charge in [0.1, 0.15) is 0 Å². The Hall–Kier alpha value is -1.39. The quantitative estimate of drug-likeness (QED) is 0.831. The smallest absolute Gasteiger partial charge is 0.222 e. The summed E-state index contributed by atoms with van der Waals surface area (Å²) in [5.41, 5.74) is 1.42. The van der Waals surface area contributed by atoms with Crippen LogP contribution in [-0.2, 0) is 16.1 Å². The van der Waals surface area contributed by atoms with Gasteiger partial charge in [0.2, 0.25) is 5.91 Å².